The van der Waals surface area contributed by atoms with Gasteiger partial charge >= 0.3 is 0 Å². The van der Waals surface area contributed by atoms with Crippen LogP contribution in [0.5, 0.6) is 17.2 Å². The van der Waals surface area contributed by atoms with Crippen LogP contribution in [0.1, 0.15) is 31.7 Å². The summed E-state index contributed by atoms with van der Waals surface area (Å²) >= 11 is 0. The van der Waals surface area contributed by atoms with Gasteiger partial charge in [0.05, 0.1) is 19.9 Å². The molecule has 1 saturated heterocycles. The van der Waals surface area contributed by atoms with Crippen LogP contribution in [0.4, 0.5) is 11.4 Å². The van der Waals surface area contributed by atoms with Gasteiger partial charge in [-0.3, -0.25) is 9.59 Å². The van der Waals surface area contributed by atoms with E-state index >= 15 is 0 Å². The van der Waals surface area contributed by atoms with Gasteiger partial charge in [0.25, 0.3) is 5.91 Å². The summed E-state index contributed by atoms with van der Waals surface area (Å²) in [5, 5.41) is 2.88. The highest BCUT2D eigenvalue weighted by atomic mass is 16.5. The molecule has 0 aliphatic carbocycles. The molecule has 2 amide bonds. The zero-order valence-corrected chi connectivity index (χ0v) is 20.6. The number of amides is 2. The molecule has 35 heavy (non-hydrogen) atoms. The molecule has 186 valence electrons. The number of likely N-dealkylation sites (tertiary alicyclic amines) is 1. The SMILES string of the molecule is COc1ccc(/C=C/C(=O)Nc2ccc3c(c2)N(CCN2CCCCC2)C(=O)C(C)O3)cc1OC. The Morgan fingerprint density at radius 2 is 1.83 bits per heavy atom. The average Bonchev–Trinajstić information content (AvgIpc) is 2.88. The summed E-state index contributed by atoms with van der Waals surface area (Å²) in [4.78, 5) is 29.7. The fourth-order valence-corrected chi connectivity index (χ4v) is 4.45. The molecule has 2 heterocycles. The maximum atomic E-state index is 12.9. The molecule has 0 spiro atoms. The Balaban J connectivity index is 1.45. The zero-order chi connectivity index (χ0) is 24.8. The lowest BCUT2D eigenvalue weighted by atomic mass is 10.1. The van der Waals surface area contributed by atoms with Gasteiger partial charge in [0, 0.05) is 24.9 Å². The third kappa shape index (κ3) is 5.95. The predicted octanol–water partition coefficient (Wildman–Crippen LogP) is 3.96. The van der Waals surface area contributed by atoms with E-state index in [1.54, 1.807) is 62.5 Å². The first kappa shape index (κ1) is 24.6. The molecule has 8 nitrogen and oxygen atoms in total. The van der Waals surface area contributed by atoms with Crippen molar-refractivity contribution in [3.8, 4) is 17.2 Å². The molecule has 0 aromatic heterocycles. The number of ether oxygens (including phenoxy) is 3. The van der Waals surface area contributed by atoms with Crippen molar-refractivity contribution >= 4 is 29.3 Å². The maximum absolute atomic E-state index is 12.9. The van der Waals surface area contributed by atoms with Crippen LogP contribution in [0.3, 0.4) is 0 Å². The van der Waals surface area contributed by atoms with Crippen molar-refractivity contribution in [1.29, 1.82) is 0 Å². The number of fused-ring (bicyclic) bond motifs is 1. The van der Waals surface area contributed by atoms with E-state index in [0.717, 1.165) is 25.2 Å². The summed E-state index contributed by atoms with van der Waals surface area (Å²) in [5.74, 6) is 1.52. The van der Waals surface area contributed by atoms with Crippen molar-refractivity contribution in [3.63, 3.8) is 0 Å². The second kappa shape index (κ2) is 11.3. The zero-order valence-electron chi connectivity index (χ0n) is 20.6. The molecule has 0 radical (unpaired) electrons. The number of benzene rings is 2. The highest BCUT2D eigenvalue weighted by Gasteiger charge is 2.32. The van der Waals surface area contributed by atoms with E-state index in [2.05, 4.69) is 10.2 Å². The Kier molecular flexibility index (Phi) is 7.92. The highest BCUT2D eigenvalue weighted by Crippen LogP contribution is 2.36. The molecule has 2 aromatic carbocycles. The molecule has 0 bridgehead atoms. The minimum atomic E-state index is -0.534. The first-order chi connectivity index (χ1) is 17.0. The predicted molar refractivity (Wildman–Crippen MR) is 136 cm³/mol. The van der Waals surface area contributed by atoms with E-state index in [0.29, 0.717) is 35.2 Å². The standard InChI is InChI=1S/C27H33N3O5/c1-19-27(32)30(16-15-29-13-5-4-6-14-29)22-18-21(9-11-23(22)35-19)28-26(31)12-8-20-7-10-24(33-2)25(17-20)34-3/h7-12,17-19H,4-6,13-16H2,1-3H3,(H,28,31)/b12-8+. The average molecular weight is 480 g/mol. The van der Waals surface area contributed by atoms with Crippen molar-refractivity contribution in [3.05, 3.63) is 48.0 Å². The second-order valence-corrected chi connectivity index (χ2v) is 8.77. The van der Waals surface area contributed by atoms with E-state index in [-0.39, 0.29) is 11.8 Å². The molecule has 1 atom stereocenters. The normalized spacial score (nSPS) is 18.2. The summed E-state index contributed by atoms with van der Waals surface area (Å²) in [6.07, 6.45) is 6.31. The lowest BCUT2D eigenvalue weighted by Crippen LogP contribution is -2.48. The summed E-state index contributed by atoms with van der Waals surface area (Å²) in [7, 11) is 3.15. The van der Waals surface area contributed by atoms with Gasteiger partial charge < -0.3 is 29.3 Å². The van der Waals surface area contributed by atoms with E-state index < -0.39 is 6.10 Å². The summed E-state index contributed by atoms with van der Waals surface area (Å²) in [6, 6.07) is 10.8. The topological polar surface area (TPSA) is 80.3 Å². The number of hydrogen-bond donors (Lipinski definition) is 1. The van der Waals surface area contributed by atoms with Gasteiger partial charge in [0.1, 0.15) is 5.75 Å². The summed E-state index contributed by atoms with van der Waals surface area (Å²) < 4.78 is 16.4. The van der Waals surface area contributed by atoms with E-state index in [4.69, 9.17) is 14.2 Å². The van der Waals surface area contributed by atoms with Gasteiger partial charge in [0.2, 0.25) is 5.91 Å². The van der Waals surface area contributed by atoms with E-state index in [1.165, 1.54) is 25.3 Å². The number of piperidine rings is 1. The van der Waals surface area contributed by atoms with Gasteiger partial charge in [-0.05, 0) is 74.8 Å². The van der Waals surface area contributed by atoms with Crippen molar-refractivity contribution in [2.45, 2.75) is 32.3 Å². The first-order valence-corrected chi connectivity index (χ1v) is 12.0. The molecule has 8 heteroatoms. The molecule has 1 fully saturated rings. The van der Waals surface area contributed by atoms with Gasteiger partial charge in [-0.2, -0.15) is 0 Å². The van der Waals surface area contributed by atoms with Crippen LogP contribution in [0, 0.1) is 0 Å². The van der Waals surface area contributed by atoms with Crippen LogP contribution in [0.2, 0.25) is 0 Å². The second-order valence-electron chi connectivity index (χ2n) is 8.77. The third-order valence-corrected chi connectivity index (χ3v) is 6.36. The van der Waals surface area contributed by atoms with Crippen LogP contribution in [-0.2, 0) is 9.59 Å². The van der Waals surface area contributed by atoms with Crippen LogP contribution < -0.4 is 24.4 Å². The van der Waals surface area contributed by atoms with Crippen LogP contribution in [0.15, 0.2) is 42.5 Å². The Labute approximate surface area is 206 Å². The molecule has 2 aliphatic rings. The Morgan fingerprint density at radius 3 is 2.57 bits per heavy atom. The van der Waals surface area contributed by atoms with Crippen molar-refractivity contribution in [1.82, 2.24) is 4.90 Å². The molecule has 4 rings (SSSR count). The van der Waals surface area contributed by atoms with E-state index in [1.807, 2.05) is 6.07 Å². The molecule has 2 aromatic rings. The Hall–Kier alpha value is -3.52. The molecule has 1 unspecified atom stereocenters. The minimum Gasteiger partial charge on any atom is -0.493 e. The van der Waals surface area contributed by atoms with Crippen LogP contribution >= 0.6 is 0 Å². The summed E-state index contributed by atoms with van der Waals surface area (Å²) in [6.45, 7) is 5.33. The van der Waals surface area contributed by atoms with Gasteiger partial charge in [0.15, 0.2) is 17.6 Å². The Bertz CT molecular complexity index is 1090. The van der Waals surface area contributed by atoms with E-state index in [9.17, 15) is 9.59 Å². The number of anilines is 2. The van der Waals surface area contributed by atoms with Gasteiger partial charge in [-0.15, -0.1) is 0 Å². The largest absolute Gasteiger partial charge is 0.493 e. The first-order valence-electron chi connectivity index (χ1n) is 12.0. The molecular formula is C27H33N3O5. The molecule has 2 aliphatic heterocycles. The molecule has 0 saturated carbocycles. The number of carbonyl (C=O) groups excluding carboxylic acids is 2. The third-order valence-electron chi connectivity index (χ3n) is 6.36. The smallest absolute Gasteiger partial charge is 0.267 e. The number of nitrogens with zero attached hydrogens (tertiary/aromatic N) is 2. The quantitative estimate of drug-likeness (QED) is 0.578. The highest BCUT2D eigenvalue weighted by molar-refractivity contribution is 6.04. The maximum Gasteiger partial charge on any atom is 0.267 e. The van der Waals surface area contributed by atoms with Crippen LogP contribution in [-0.4, -0.2) is 63.2 Å². The van der Waals surface area contributed by atoms with Crippen molar-refractivity contribution in [2.75, 3.05) is 50.6 Å². The van der Waals surface area contributed by atoms with Gasteiger partial charge in [-0.1, -0.05) is 12.5 Å². The number of rotatable bonds is 8. The molecule has 1 N–H and O–H groups in total. The Morgan fingerprint density at radius 1 is 1.06 bits per heavy atom. The molecular weight excluding hydrogens is 446 g/mol. The fraction of sp³-hybridized carbons (Fsp3) is 0.407. The minimum absolute atomic E-state index is 0.0636. The van der Waals surface area contributed by atoms with Gasteiger partial charge in [-0.25, -0.2) is 0 Å². The number of methoxy groups -OCH3 is 2. The number of hydrogen-bond acceptors (Lipinski definition) is 6. The monoisotopic (exact) mass is 479 g/mol. The summed E-state index contributed by atoms with van der Waals surface area (Å²) in [5.41, 5.74) is 2.09. The number of carbonyl (C=O) groups is 2. The van der Waals surface area contributed by atoms with Crippen LogP contribution in [0.25, 0.3) is 6.08 Å². The fourth-order valence-electron chi connectivity index (χ4n) is 4.45. The lowest BCUT2D eigenvalue weighted by Gasteiger charge is -2.35. The van der Waals surface area contributed by atoms with Crippen molar-refractivity contribution in [2.24, 2.45) is 0 Å². The van der Waals surface area contributed by atoms with Crippen molar-refractivity contribution < 1.29 is 23.8 Å². The lowest BCUT2D eigenvalue weighted by molar-refractivity contribution is -0.125. The number of nitrogens with one attached hydrogen (secondary N) is 1.